The summed E-state index contributed by atoms with van der Waals surface area (Å²) < 4.78 is 26.5. The normalized spacial score (nSPS) is 11.0. The van der Waals surface area contributed by atoms with Gasteiger partial charge in [0.1, 0.15) is 13.2 Å². The van der Waals surface area contributed by atoms with Crippen molar-refractivity contribution in [1.82, 2.24) is 0 Å². The fourth-order valence-corrected chi connectivity index (χ4v) is 3.39. The summed E-state index contributed by atoms with van der Waals surface area (Å²) in [6, 6.07) is 0. The van der Waals surface area contributed by atoms with Gasteiger partial charge in [0.2, 0.25) is 0 Å². The molecule has 0 radical (unpaired) electrons. The zero-order valence-electron chi connectivity index (χ0n) is 22.1. The van der Waals surface area contributed by atoms with E-state index < -0.39 is 0 Å². The molecule has 0 bridgehead atoms. The van der Waals surface area contributed by atoms with Gasteiger partial charge < -0.3 is 23.7 Å². The van der Waals surface area contributed by atoms with Crippen LogP contribution in [0.3, 0.4) is 0 Å². The molecular formula is C27H52O7. The molecule has 7 heteroatoms. The molecule has 0 aliphatic rings. The van der Waals surface area contributed by atoms with Gasteiger partial charge in [0, 0.05) is 12.8 Å². The van der Waals surface area contributed by atoms with Crippen molar-refractivity contribution in [3.8, 4) is 0 Å². The molecule has 0 aliphatic carbocycles. The van der Waals surface area contributed by atoms with Crippen LogP contribution in [-0.2, 0) is 33.3 Å². The first-order valence-electron chi connectivity index (χ1n) is 13.7. The Kier molecular flexibility index (Phi) is 27.1. The first-order chi connectivity index (χ1) is 16.7. The van der Waals surface area contributed by atoms with Gasteiger partial charge in [-0.15, -0.1) is 0 Å². The van der Waals surface area contributed by atoms with Crippen LogP contribution in [0.4, 0.5) is 0 Å². The standard InChI is InChI=1S/C27H52O7/c1-3-5-7-9-10-11-12-13-15-17-27(29)34-25-23-32-21-19-30-18-20-31-22-24-33-26(28)16-14-8-6-4-2/h3-25H2,1-2H3. The van der Waals surface area contributed by atoms with Crippen molar-refractivity contribution in [3.05, 3.63) is 0 Å². The van der Waals surface area contributed by atoms with Crippen LogP contribution in [0.15, 0.2) is 0 Å². The maximum absolute atomic E-state index is 11.7. The average molecular weight is 489 g/mol. The molecule has 0 atom stereocenters. The summed E-state index contributed by atoms with van der Waals surface area (Å²) in [5.74, 6) is -0.288. The summed E-state index contributed by atoms with van der Waals surface area (Å²) in [5.41, 5.74) is 0. The lowest BCUT2D eigenvalue weighted by atomic mass is 10.1. The smallest absolute Gasteiger partial charge is 0.305 e. The quantitative estimate of drug-likeness (QED) is 0.103. The van der Waals surface area contributed by atoms with Gasteiger partial charge in [0.25, 0.3) is 0 Å². The largest absolute Gasteiger partial charge is 0.463 e. The van der Waals surface area contributed by atoms with Gasteiger partial charge in [-0.2, -0.15) is 0 Å². The van der Waals surface area contributed by atoms with Crippen molar-refractivity contribution in [1.29, 1.82) is 0 Å². The van der Waals surface area contributed by atoms with Crippen molar-refractivity contribution in [2.24, 2.45) is 0 Å². The number of ether oxygens (including phenoxy) is 5. The number of hydrogen-bond donors (Lipinski definition) is 0. The van der Waals surface area contributed by atoms with E-state index in [1.165, 1.54) is 44.9 Å². The molecule has 0 spiro atoms. The lowest BCUT2D eigenvalue weighted by molar-refractivity contribution is -0.146. The van der Waals surface area contributed by atoms with Gasteiger partial charge in [0.05, 0.1) is 39.6 Å². The van der Waals surface area contributed by atoms with Crippen LogP contribution in [0.5, 0.6) is 0 Å². The zero-order valence-corrected chi connectivity index (χ0v) is 22.1. The fourth-order valence-electron chi connectivity index (χ4n) is 3.39. The Labute approximate surface area is 208 Å². The summed E-state index contributed by atoms with van der Waals surface area (Å²) in [6.45, 7) is 7.54. The highest BCUT2D eigenvalue weighted by molar-refractivity contribution is 5.69. The van der Waals surface area contributed by atoms with Crippen LogP contribution in [0.1, 0.15) is 110 Å². The van der Waals surface area contributed by atoms with Crippen LogP contribution in [-0.4, -0.2) is 64.8 Å². The molecule has 0 rings (SSSR count). The molecule has 0 unspecified atom stereocenters. The second kappa shape index (κ2) is 28.1. The first-order valence-corrected chi connectivity index (χ1v) is 13.7. The van der Waals surface area contributed by atoms with E-state index >= 15 is 0 Å². The molecule has 0 N–H and O–H groups in total. The molecule has 0 heterocycles. The van der Waals surface area contributed by atoms with E-state index in [1.807, 2.05) is 0 Å². The predicted molar refractivity (Wildman–Crippen MR) is 135 cm³/mol. The fraction of sp³-hybridized carbons (Fsp3) is 0.926. The van der Waals surface area contributed by atoms with Crippen LogP contribution >= 0.6 is 0 Å². The van der Waals surface area contributed by atoms with Crippen LogP contribution < -0.4 is 0 Å². The molecule has 0 saturated heterocycles. The number of hydrogen-bond acceptors (Lipinski definition) is 7. The summed E-state index contributed by atoms with van der Waals surface area (Å²) in [5, 5.41) is 0. The van der Waals surface area contributed by atoms with Crippen molar-refractivity contribution in [2.45, 2.75) is 110 Å². The third kappa shape index (κ3) is 27.1. The maximum Gasteiger partial charge on any atom is 0.305 e. The highest BCUT2D eigenvalue weighted by Gasteiger charge is 2.03. The summed E-state index contributed by atoms with van der Waals surface area (Å²) in [6.07, 6.45) is 16.4. The predicted octanol–water partition coefficient (Wildman–Crippen LogP) is 6.01. The molecule has 0 fully saturated rings. The van der Waals surface area contributed by atoms with Crippen molar-refractivity contribution < 1.29 is 33.3 Å². The molecule has 34 heavy (non-hydrogen) atoms. The summed E-state index contributed by atoms with van der Waals surface area (Å²) >= 11 is 0. The second-order valence-corrected chi connectivity index (χ2v) is 8.67. The molecule has 0 aromatic carbocycles. The second-order valence-electron chi connectivity index (χ2n) is 8.67. The number of rotatable bonds is 27. The van der Waals surface area contributed by atoms with E-state index in [0.29, 0.717) is 52.5 Å². The molecule has 7 nitrogen and oxygen atoms in total. The van der Waals surface area contributed by atoms with Crippen molar-refractivity contribution in [2.75, 3.05) is 52.9 Å². The van der Waals surface area contributed by atoms with E-state index in [-0.39, 0.29) is 25.2 Å². The highest BCUT2D eigenvalue weighted by atomic mass is 16.6. The number of esters is 2. The molecule has 0 aliphatic heterocycles. The molecular weight excluding hydrogens is 436 g/mol. The van der Waals surface area contributed by atoms with E-state index in [1.54, 1.807) is 0 Å². The van der Waals surface area contributed by atoms with Gasteiger partial charge in [-0.25, -0.2) is 0 Å². The summed E-state index contributed by atoms with van der Waals surface area (Å²) in [4.78, 5) is 23.2. The lowest BCUT2D eigenvalue weighted by Crippen LogP contribution is -2.15. The molecule has 0 amide bonds. The molecule has 202 valence electrons. The van der Waals surface area contributed by atoms with Gasteiger partial charge in [-0.1, -0.05) is 84.5 Å². The minimum absolute atomic E-state index is 0.137. The summed E-state index contributed by atoms with van der Waals surface area (Å²) in [7, 11) is 0. The average Bonchev–Trinajstić information content (AvgIpc) is 2.83. The number of unbranched alkanes of at least 4 members (excludes halogenated alkanes) is 11. The Morgan fingerprint density at radius 3 is 1.09 bits per heavy atom. The maximum atomic E-state index is 11.7. The van der Waals surface area contributed by atoms with Gasteiger partial charge >= 0.3 is 11.9 Å². The zero-order chi connectivity index (χ0) is 25.0. The van der Waals surface area contributed by atoms with Crippen molar-refractivity contribution >= 4 is 11.9 Å². The minimum atomic E-state index is -0.151. The topological polar surface area (TPSA) is 80.3 Å². The third-order valence-corrected chi connectivity index (χ3v) is 5.44. The Bertz CT molecular complexity index is 443. The van der Waals surface area contributed by atoms with Crippen LogP contribution in [0.2, 0.25) is 0 Å². The Morgan fingerprint density at radius 1 is 0.412 bits per heavy atom. The van der Waals surface area contributed by atoms with Crippen LogP contribution in [0, 0.1) is 0 Å². The first kappa shape index (κ1) is 32.8. The number of carbonyl (C=O) groups excluding carboxylic acids is 2. The SMILES string of the molecule is CCCCCCCCCCCC(=O)OCCOCCOCCOCCOC(=O)CCCCCC. The van der Waals surface area contributed by atoms with Crippen LogP contribution in [0.25, 0.3) is 0 Å². The van der Waals surface area contributed by atoms with Crippen molar-refractivity contribution in [3.63, 3.8) is 0 Å². The molecule has 0 aromatic rings. The molecule has 0 aromatic heterocycles. The van der Waals surface area contributed by atoms with E-state index in [2.05, 4.69) is 13.8 Å². The Hall–Kier alpha value is -1.18. The van der Waals surface area contributed by atoms with Gasteiger partial charge in [-0.3, -0.25) is 9.59 Å². The Balaban J connectivity index is 3.20. The van der Waals surface area contributed by atoms with E-state index in [9.17, 15) is 9.59 Å². The highest BCUT2D eigenvalue weighted by Crippen LogP contribution is 2.10. The minimum Gasteiger partial charge on any atom is -0.463 e. The van der Waals surface area contributed by atoms with Gasteiger partial charge in [-0.05, 0) is 12.8 Å². The van der Waals surface area contributed by atoms with E-state index in [4.69, 9.17) is 23.7 Å². The molecule has 0 saturated carbocycles. The Morgan fingerprint density at radius 2 is 0.706 bits per heavy atom. The van der Waals surface area contributed by atoms with E-state index in [0.717, 1.165) is 38.5 Å². The monoisotopic (exact) mass is 488 g/mol. The lowest BCUT2D eigenvalue weighted by Gasteiger charge is -2.08. The number of carbonyl (C=O) groups is 2. The van der Waals surface area contributed by atoms with Gasteiger partial charge in [0.15, 0.2) is 0 Å². The third-order valence-electron chi connectivity index (χ3n) is 5.44.